The summed E-state index contributed by atoms with van der Waals surface area (Å²) in [5.74, 6) is -1.03. The van der Waals surface area contributed by atoms with Crippen molar-refractivity contribution in [3.05, 3.63) is 64.7 Å². The quantitative estimate of drug-likeness (QED) is 0.626. The smallest absolute Gasteiger partial charge is 0.338 e. The summed E-state index contributed by atoms with van der Waals surface area (Å²) >= 11 is 5.74. The number of Topliss-reactive ketones (excluding diaryl/α,β-unsaturated/α-hetero) is 1. The van der Waals surface area contributed by atoms with Crippen molar-refractivity contribution in [2.24, 2.45) is 0 Å². The lowest BCUT2D eigenvalue weighted by molar-refractivity contribution is 0.0475. The van der Waals surface area contributed by atoms with E-state index >= 15 is 0 Å². The molecule has 0 heterocycles. The predicted molar refractivity (Wildman–Crippen MR) is 91.0 cm³/mol. The Balaban J connectivity index is 1.95. The largest absolute Gasteiger partial charge is 0.454 e. The monoisotopic (exact) mass is 367 g/mol. The summed E-state index contributed by atoms with van der Waals surface area (Å²) in [7, 11) is -3.39. The molecule has 0 unspecified atom stereocenters. The summed E-state index contributed by atoms with van der Waals surface area (Å²) in [5.41, 5.74) is 0.921. The van der Waals surface area contributed by atoms with Crippen LogP contribution in [-0.2, 0) is 14.8 Å². The van der Waals surface area contributed by atoms with Gasteiger partial charge in [0.25, 0.3) is 0 Å². The van der Waals surface area contributed by atoms with E-state index in [1.54, 1.807) is 24.3 Å². The van der Waals surface area contributed by atoms with Crippen LogP contribution in [0.1, 0.15) is 20.7 Å². The number of halogens is 1. The number of ketones is 1. The van der Waals surface area contributed by atoms with Crippen molar-refractivity contribution in [2.45, 2.75) is 0 Å². The van der Waals surface area contributed by atoms with Crippen LogP contribution in [0.4, 0.5) is 5.69 Å². The molecule has 0 fully saturated rings. The first-order chi connectivity index (χ1) is 11.2. The second-order valence-corrected chi connectivity index (χ2v) is 7.14. The molecule has 0 radical (unpaired) electrons. The van der Waals surface area contributed by atoms with Crippen LogP contribution in [0.15, 0.2) is 48.5 Å². The maximum Gasteiger partial charge on any atom is 0.338 e. The Morgan fingerprint density at radius 1 is 1.00 bits per heavy atom. The third-order valence-corrected chi connectivity index (χ3v) is 3.78. The van der Waals surface area contributed by atoms with Crippen LogP contribution in [0.3, 0.4) is 0 Å². The van der Waals surface area contributed by atoms with Crippen molar-refractivity contribution in [1.82, 2.24) is 0 Å². The molecule has 0 aliphatic rings. The topological polar surface area (TPSA) is 89.5 Å². The number of rotatable bonds is 6. The van der Waals surface area contributed by atoms with Gasteiger partial charge in [-0.1, -0.05) is 11.6 Å². The average molecular weight is 368 g/mol. The lowest BCUT2D eigenvalue weighted by atomic mass is 10.1. The molecular weight excluding hydrogens is 354 g/mol. The van der Waals surface area contributed by atoms with Gasteiger partial charge in [-0.25, -0.2) is 13.2 Å². The SMILES string of the molecule is CS(=O)(=O)Nc1ccc(C(=O)OCC(=O)c2ccc(Cl)cc2)cc1. The van der Waals surface area contributed by atoms with E-state index in [9.17, 15) is 18.0 Å². The Bertz CT molecular complexity index is 845. The van der Waals surface area contributed by atoms with Gasteiger partial charge in [0, 0.05) is 16.3 Å². The van der Waals surface area contributed by atoms with Crippen molar-refractivity contribution in [3.63, 3.8) is 0 Å². The van der Waals surface area contributed by atoms with Crippen LogP contribution in [0, 0.1) is 0 Å². The van der Waals surface area contributed by atoms with Gasteiger partial charge in [0.05, 0.1) is 11.8 Å². The molecule has 0 aliphatic heterocycles. The normalized spacial score (nSPS) is 10.9. The van der Waals surface area contributed by atoms with Gasteiger partial charge in [-0.15, -0.1) is 0 Å². The minimum atomic E-state index is -3.39. The van der Waals surface area contributed by atoms with Crippen LogP contribution in [0.25, 0.3) is 0 Å². The molecular formula is C16H14ClNO5S. The molecule has 0 aliphatic carbocycles. The van der Waals surface area contributed by atoms with Crippen LogP contribution < -0.4 is 4.72 Å². The van der Waals surface area contributed by atoms with E-state index in [0.29, 0.717) is 16.3 Å². The molecule has 6 nitrogen and oxygen atoms in total. The highest BCUT2D eigenvalue weighted by Gasteiger charge is 2.12. The maximum atomic E-state index is 11.9. The minimum absolute atomic E-state index is 0.206. The van der Waals surface area contributed by atoms with E-state index in [0.717, 1.165) is 6.26 Å². The zero-order valence-electron chi connectivity index (χ0n) is 12.7. The van der Waals surface area contributed by atoms with E-state index in [-0.39, 0.29) is 11.3 Å². The summed E-state index contributed by atoms with van der Waals surface area (Å²) in [6.45, 7) is -0.399. The number of hydrogen-bond donors (Lipinski definition) is 1. The van der Waals surface area contributed by atoms with Gasteiger partial charge in [0.1, 0.15) is 0 Å². The fourth-order valence-corrected chi connectivity index (χ4v) is 2.51. The van der Waals surface area contributed by atoms with E-state index in [2.05, 4.69) is 4.72 Å². The predicted octanol–water partition coefficient (Wildman–Crippen LogP) is 2.75. The van der Waals surface area contributed by atoms with Crippen LogP contribution >= 0.6 is 11.6 Å². The first-order valence-electron chi connectivity index (χ1n) is 6.78. The van der Waals surface area contributed by atoms with Crippen molar-refractivity contribution >= 4 is 39.1 Å². The van der Waals surface area contributed by atoms with Gasteiger partial charge in [0.2, 0.25) is 10.0 Å². The number of nitrogens with one attached hydrogen (secondary N) is 1. The second-order valence-electron chi connectivity index (χ2n) is 4.96. The van der Waals surface area contributed by atoms with Gasteiger partial charge in [-0.05, 0) is 48.5 Å². The highest BCUT2D eigenvalue weighted by Crippen LogP contribution is 2.13. The number of sulfonamides is 1. The Morgan fingerprint density at radius 2 is 1.54 bits per heavy atom. The van der Waals surface area contributed by atoms with E-state index in [4.69, 9.17) is 16.3 Å². The molecule has 8 heteroatoms. The molecule has 0 saturated heterocycles. The molecule has 2 rings (SSSR count). The second kappa shape index (κ2) is 7.46. The molecule has 24 heavy (non-hydrogen) atoms. The van der Waals surface area contributed by atoms with E-state index < -0.39 is 22.6 Å². The molecule has 2 aromatic carbocycles. The molecule has 126 valence electrons. The van der Waals surface area contributed by atoms with Crippen molar-refractivity contribution in [2.75, 3.05) is 17.6 Å². The standard InChI is InChI=1S/C16H14ClNO5S/c1-24(21,22)18-14-8-4-12(5-9-14)16(20)23-10-15(19)11-2-6-13(17)7-3-11/h2-9,18H,10H2,1H3. The fourth-order valence-electron chi connectivity index (χ4n) is 1.82. The summed E-state index contributed by atoms with van der Waals surface area (Å²) < 4.78 is 29.4. The summed E-state index contributed by atoms with van der Waals surface area (Å²) in [6.07, 6.45) is 1.03. The average Bonchev–Trinajstić information content (AvgIpc) is 2.52. The summed E-state index contributed by atoms with van der Waals surface area (Å²) in [6, 6.07) is 11.9. The summed E-state index contributed by atoms with van der Waals surface area (Å²) in [5, 5.41) is 0.506. The Kier molecular flexibility index (Phi) is 5.58. The Morgan fingerprint density at radius 3 is 2.08 bits per heavy atom. The number of esters is 1. The molecule has 0 aromatic heterocycles. The number of benzene rings is 2. The highest BCUT2D eigenvalue weighted by molar-refractivity contribution is 7.92. The number of hydrogen-bond acceptors (Lipinski definition) is 5. The lowest BCUT2D eigenvalue weighted by Gasteiger charge is -2.06. The lowest BCUT2D eigenvalue weighted by Crippen LogP contribution is -2.14. The van der Waals surface area contributed by atoms with Crippen molar-refractivity contribution < 1.29 is 22.7 Å². The Labute approximate surface area is 144 Å². The third kappa shape index (κ3) is 5.36. The minimum Gasteiger partial charge on any atom is -0.454 e. The van der Waals surface area contributed by atoms with Gasteiger partial charge in [0.15, 0.2) is 12.4 Å². The molecule has 0 atom stereocenters. The zero-order valence-corrected chi connectivity index (χ0v) is 14.2. The van der Waals surface area contributed by atoms with Crippen molar-refractivity contribution in [1.29, 1.82) is 0 Å². The number of ether oxygens (including phenoxy) is 1. The number of carbonyl (C=O) groups excluding carboxylic acids is 2. The van der Waals surface area contributed by atoms with Crippen LogP contribution in [0.5, 0.6) is 0 Å². The zero-order chi connectivity index (χ0) is 17.7. The van der Waals surface area contributed by atoms with Gasteiger partial charge in [-0.2, -0.15) is 0 Å². The molecule has 0 spiro atoms. The fraction of sp³-hybridized carbons (Fsp3) is 0.125. The Hall–Kier alpha value is -2.38. The molecule has 0 saturated carbocycles. The van der Waals surface area contributed by atoms with Crippen LogP contribution in [0.2, 0.25) is 5.02 Å². The van der Waals surface area contributed by atoms with Gasteiger partial charge in [-0.3, -0.25) is 9.52 Å². The molecule has 1 N–H and O–H groups in total. The molecule has 0 bridgehead atoms. The van der Waals surface area contributed by atoms with Crippen LogP contribution in [-0.4, -0.2) is 33.0 Å². The van der Waals surface area contributed by atoms with Gasteiger partial charge >= 0.3 is 5.97 Å². The third-order valence-electron chi connectivity index (χ3n) is 2.92. The first kappa shape index (κ1) is 18.0. The maximum absolute atomic E-state index is 11.9. The van der Waals surface area contributed by atoms with E-state index in [1.807, 2.05) is 0 Å². The number of anilines is 1. The molecule has 2 aromatic rings. The first-order valence-corrected chi connectivity index (χ1v) is 9.05. The van der Waals surface area contributed by atoms with E-state index in [1.165, 1.54) is 24.3 Å². The number of carbonyl (C=O) groups is 2. The highest BCUT2D eigenvalue weighted by atomic mass is 35.5. The van der Waals surface area contributed by atoms with Crippen molar-refractivity contribution in [3.8, 4) is 0 Å². The molecule has 0 amide bonds. The van der Waals surface area contributed by atoms with Gasteiger partial charge < -0.3 is 4.74 Å². The summed E-state index contributed by atoms with van der Waals surface area (Å²) in [4.78, 5) is 23.8.